The maximum atomic E-state index is 14.6. The minimum Gasteiger partial charge on any atom is -0.346 e. The van der Waals surface area contributed by atoms with E-state index in [0.717, 1.165) is 12.1 Å². The Bertz CT molecular complexity index is 1310. The number of benzene rings is 1. The highest BCUT2D eigenvalue weighted by Gasteiger charge is 2.55. The highest BCUT2D eigenvalue weighted by Crippen LogP contribution is 2.52. The number of hydrogen-bond acceptors (Lipinski definition) is 3. The van der Waals surface area contributed by atoms with Crippen LogP contribution in [0.3, 0.4) is 0 Å². The second-order valence-corrected chi connectivity index (χ2v) is 9.30. The zero-order valence-corrected chi connectivity index (χ0v) is 20.2. The van der Waals surface area contributed by atoms with Gasteiger partial charge in [-0.25, -0.2) is 26.3 Å². The molecular formula is C23H17BrF8N4O. The first kappa shape index (κ1) is 27.0. The fraction of sp³-hybridized carbons (Fsp3) is 0.348. The van der Waals surface area contributed by atoms with Crippen LogP contribution in [0.5, 0.6) is 0 Å². The monoisotopic (exact) mass is 596 g/mol. The molecule has 1 aromatic carbocycles. The summed E-state index contributed by atoms with van der Waals surface area (Å²) in [6.45, 7) is -1.10. The Morgan fingerprint density at radius 1 is 1.05 bits per heavy atom. The maximum Gasteiger partial charge on any atom is 0.290 e. The van der Waals surface area contributed by atoms with Crippen LogP contribution in [0, 0.1) is 11.6 Å². The van der Waals surface area contributed by atoms with Crippen LogP contribution in [0.2, 0.25) is 0 Å². The summed E-state index contributed by atoms with van der Waals surface area (Å²) in [6, 6.07) is 4.71. The molecule has 0 spiro atoms. The van der Waals surface area contributed by atoms with Gasteiger partial charge >= 0.3 is 0 Å². The normalized spacial score (nSPS) is 16.9. The minimum atomic E-state index is -3.99. The summed E-state index contributed by atoms with van der Waals surface area (Å²) in [5.41, 5.74) is -4.23. The van der Waals surface area contributed by atoms with E-state index in [1.165, 1.54) is 6.20 Å². The number of alkyl halides is 6. The van der Waals surface area contributed by atoms with Gasteiger partial charge in [0.2, 0.25) is 5.91 Å². The summed E-state index contributed by atoms with van der Waals surface area (Å²) in [5, 5.41) is 5.70. The number of hydrogen-bond donors (Lipinski definition) is 1. The van der Waals surface area contributed by atoms with Gasteiger partial charge in [-0.15, -0.1) is 0 Å². The maximum absolute atomic E-state index is 14.6. The molecule has 0 fully saturated rings. The van der Waals surface area contributed by atoms with Crippen LogP contribution >= 0.6 is 15.9 Å². The summed E-state index contributed by atoms with van der Waals surface area (Å²) in [4.78, 5) is 17.0. The second kappa shape index (κ2) is 10.0. The summed E-state index contributed by atoms with van der Waals surface area (Å²) in [5.74, 6) is -10.7. The van der Waals surface area contributed by atoms with Crippen molar-refractivity contribution in [1.82, 2.24) is 20.1 Å². The number of halogens is 9. The number of nitrogens with zero attached hydrogens (tertiary/aromatic N) is 3. The van der Waals surface area contributed by atoms with E-state index in [9.17, 15) is 39.9 Å². The Balaban J connectivity index is 1.68. The molecule has 2 aromatic heterocycles. The first-order chi connectivity index (χ1) is 17.3. The predicted octanol–water partition coefficient (Wildman–Crippen LogP) is 6.33. The molecular weight excluding hydrogens is 580 g/mol. The molecule has 37 heavy (non-hydrogen) atoms. The zero-order valence-electron chi connectivity index (χ0n) is 18.6. The van der Waals surface area contributed by atoms with E-state index in [1.807, 2.05) is 0 Å². The van der Waals surface area contributed by atoms with Crippen molar-refractivity contribution in [3.8, 4) is 0 Å². The molecule has 0 aliphatic heterocycles. The number of carbonyl (C=O) groups is 1. The van der Waals surface area contributed by atoms with Gasteiger partial charge in [-0.3, -0.25) is 14.5 Å². The number of rotatable bonds is 7. The smallest absolute Gasteiger partial charge is 0.290 e. The number of fused-ring (bicyclic) bond motifs is 1. The highest BCUT2D eigenvalue weighted by atomic mass is 79.9. The van der Waals surface area contributed by atoms with Crippen molar-refractivity contribution < 1.29 is 39.9 Å². The molecule has 1 N–H and O–H groups in total. The Morgan fingerprint density at radius 3 is 2.32 bits per heavy atom. The minimum absolute atomic E-state index is 0.114. The fourth-order valence-electron chi connectivity index (χ4n) is 4.25. The lowest BCUT2D eigenvalue weighted by Crippen LogP contribution is -2.37. The van der Waals surface area contributed by atoms with Crippen LogP contribution in [0.25, 0.3) is 0 Å². The molecule has 1 amide bonds. The van der Waals surface area contributed by atoms with Crippen molar-refractivity contribution in [2.24, 2.45) is 0 Å². The van der Waals surface area contributed by atoms with Crippen molar-refractivity contribution >= 4 is 21.8 Å². The first-order valence-corrected chi connectivity index (χ1v) is 11.6. The number of pyridine rings is 1. The third-order valence-electron chi connectivity index (χ3n) is 5.76. The Kier molecular flexibility index (Phi) is 7.32. The standard InChI is InChI=1S/C23H17BrF8N4O/c24-14-2-1-5-33-18(14)15(8-11-6-12(25)9-13(26)7-11)34-16(37)10-36-20-17(19(35-36)21(27)28)22(29,30)3-4-23(20,31)32/h1-2,5-7,9,15,21H,3-4,8,10H2,(H,34,37)/t15-/m0/s1. The number of nitrogens with one attached hydrogen (secondary N) is 1. The van der Waals surface area contributed by atoms with Crippen LogP contribution in [-0.2, 0) is 29.6 Å². The van der Waals surface area contributed by atoms with Crippen LogP contribution in [-0.4, -0.2) is 20.7 Å². The quantitative estimate of drug-likeness (QED) is 0.324. The number of amides is 1. The van der Waals surface area contributed by atoms with E-state index in [4.69, 9.17) is 0 Å². The van der Waals surface area contributed by atoms with E-state index >= 15 is 0 Å². The molecule has 0 unspecified atom stereocenters. The summed E-state index contributed by atoms with van der Waals surface area (Å²) >= 11 is 3.25. The van der Waals surface area contributed by atoms with E-state index in [1.54, 1.807) is 12.1 Å². The van der Waals surface area contributed by atoms with E-state index < -0.39 is 78.2 Å². The molecule has 0 saturated carbocycles. The molecule has 1 aliphatic rings. The van der Waals surface area contributed by atoms with Gasteiger partial charge in [-0.05, 0) is 52.2 Å². The SMILES string of the molecule is O=C(Cn1nc(C(F)F)c2c1C(F)(F)CCC2(F)F)N[C@@H](Cc1cc(F)cc(F)c1)c1ncccc1Br. The van der Waals surface area contributed by atoms with Gasteiger partial charge in [0.25, 0.3) is 18.3 Å². The Labute approximate surface area is 213 Å². The van der Waals surface area contributed by atoms with Crippen LogP contribution in [0.1, 0.15) is 53.5 Å². The molecule has 3 aromatic rings. The van der Waals surface area contributed by atoms with Gasteiger partial charge in [0.05, 0.1) is 17.3 Å². The molecule has 0 saturated heterocycles. The van der Waals surface area contributed by atoms with E-state index in [-0.39, 0.29) is 22.4 Å². The molecule has 0 bridgehead atoms. The molecule has 1 aliphatic carbocycles. The van der Waals surface area contributed by atoms with Crippen molar-refractivity contribution in [3.63, 3.8) is 0 Å². The van der Waals surface area contributed by atoms with Crippen LogP contribution < -0.4 is 5.32 Å². The molecule has 5 nitrogen and oxygen atoms in total. The van der Waals surface area contributed by atoms with Crippen molar-refractivity contribution in [1.29, 1.82) is 0 Å². The van der Waals surface area contributed by atoms with Crippen molar-refractivity contribution in [2.75, 3.05) is 0 Å². The van der Waals surface area contributed by atoms with Crippen LogP contribution in [0.15, 0.2) is 41.0 Å². The molecule has 0 radical (unpaired) electrons. The van der Waals surface area contributed by atoms with E-state index in [0.29, 0.717) is 10.5 Å². The Hall–Kier alpha value is -3.03. The summed E-state index contributed by atoms with van der Waals surface area (Å²) in [7, 11) is 0. The Morgan fingerprint density at radius 2 is 1.70 bits per heavy atom. The summed E-state index contributed by atoms with van der Waals surface area (Å²) < 4.78 is 113. The van der Waals surface area contributed by atoms with Crippen molar-refractivity contribution in [3.05, 3.63) is 80.8 Å². The molecule has 1 atom stereocenters. The zero-order chi connectivity index (χ0) is 27.1. The first-order valence-electron chi connectivity index (χ1n) is 10.8. The third-order valence-corrected chi connectivity index (χ3v) is 6.43. The second-order valence-electron chi connectivity index (χ2n) is 8.45. The molecule has 14 heteroatoms. The number of aromatic nitrogens is 3. The lowest BCUT2D eigenvalue weighted by molar-refractivity contribution is -0.123. The average Bonchev–Trinajstić information content (AvgIpc) is 3.18. The van der Waals surface area contributed by atoms with Gasteiger partial charge < -0.3 is 5.32 Å². The average molecular weight is 597 g/mol. The van der Waals surface area contributed by atoms with Gasteiger partial charge in [-0.1, -0.05) is 0 Å². The van der Waals surface area contributed by atoms with E-state index in [2.05, 4.69) is 31.3 Å². The van der Waals surface area contributed by atoms with Gasteiger partial charge in [0.15, 0.2) is 0 Å². The van der Waals surface area contributed by atoms with Gasteiger partial charge in [0, 0.05) is 29.6 Å². The van der Waals surface area contributed by atoms with Crippen LogP contribution in [0.4, 0.5) is 35.1 Å². The molecule has 4 rings (SSSR count). The summed E-state index contributed by atoms with van der Waals surface area (Å²) in [6.07, 6.45) is -5.10. The van der Waals surface area contributed by atoms with Gasteiger partial charge in [-0.2, -0.15) is 13.9 Å². The lowest BCUT2D eigenvalue weighted by atomic mass is 9.89. The van der Waals surface area contributed by atoms with Gasteiger partial charge in [0.1, 0.15) is 29.6 Å². The largest absolute Gasteiger partial charge is 0.346 e. The lowest BCUT2D eigenvalue weighted by Gasteiger charge is -2.29. The predicted molar refractivity (Wildman–Crippen MR) is 117 cm³/mol. The fourth-order valence-corrected chi connectivity index (χ4v) is 4.78. The van der Waals surface area contributed by atoms with Crippen molar-refractivity contribution in [2.45, 2.75) is 50.1 Å². The third kappa shape index (κ3) is 5.63. The number of carbonyl (C=O) groups excluding carboxylic acids is 1. The molecule has 2 heterocycles. The highest BCUT2D eigenvalue weighted by molar-refractivity contribution is 9.10. The molecule has 198 valence electrons. The topological polar surface area (TPSA) is 59.8 Å².